The molecule has 1 N–H and O–H groups in total. The van der Waals surface area contributed by atoms with Gasteiger partial charge in [-0.2, -0.15) is 5.10 Å². The van der Waals surface area contributed by atoms with Crippen molar-refractivity contribution < 1.29 is 9.50 Å². The van der Waals surface area contributed by atoms with Crippen molar-refractivity contribution in [2.45, 2.75) is 32.7 Å². The third kappa shape index (κ3) is 3.41. The molecule has 0 saturated heterocycles. The smallest absolute Gasteiger partial charge is 0.127 e. The fourth-order valence-electron chi connectivity index (χ4n) is 2.01. The summed E-state index contributed by atoms with van der Waals surface area (Å²) in [5, 5.41) is 13.1. The van der Waals surface area contributed by atoms with Crippen molar-refractivity contribution in [1.82, 2.24) is 9.78 Å². The Morgan fingerprint density at radius 3 is 2.84 bits per heavy atom. The Bertz CT molecular complexity index is 537. The van der Waals surface area contributed by atoms with E-state index in [2.05, 4.69) is 12.0 Å². The van der Waals surface area contributed by atoms with Crippen LogP contribution in [0, 0.1) is 5.82 Å². The van der Waals surface area contributed by atoms with Crippen LogP contribution in [-0.4, -0.2) is 21.5 Å². The zero-order chi connectivity index (χ0) is 13.7. The van der Waals surface area contributed by atoms with Gasteiger partial charge in [0, 0.05) is 24.9 Å². The summed E-state index contributed by atoms with van der Waals surface area (Å²) >= 11 is 0. The van der Waals surface area contributed by atoms with Crippen molar-refractivity contribution in [2.24, 2.45) is 0 Å². The molecule has 0 unspecified atom stereocenters. The lowest BCUT2D eigenvalue weighted by Gasteiger charge is -2.03. The van der Waals surface area contributed by atoms with Gasteiger partial charge in [-0.1, -0.05) is 25.5 Å². The number of halogens is 1. The maximum Gasteiger partial charge on any atom is 0.127 e. The molecule has 0 aliphatic heterocycles. The van der Waals surface area contributed by atoms with Crippen molar-refractivity contribution in [3.8, 4) is 11.1 Å². The summed E-state index contributed by atoms with van der Waals surface area (Å²) in [7, 11) is 0. The number of benzene rings is 1. The van der Waals surface area contributed by atoms with Crippen LogP contribution in [-0.2, 0) is 13.0 Å². The third-order valence-electron chi connectivity index (χ3n) is 3.14. The summed E-state index contributed by atoms with van der Waals surface area (Å²) in [6, 6.07) is 5.10. The standard InChI is InChI=1S/C15H19FN2O/c1-2-3-7-18-11-14(10-17-18)13-5-4-12(6-8-19)15(16)9-13/h4-5,9-11,19H,2-3,6-8H2,1H3. The number of aromatic nitrogens is 2. The molecule has 0 aliphatic rings. The predicted octanol–water partition coefficient (Wildman–Crippen LogP) is 3.02. The van der Waals surface area contributed by atoms with Crippen LogP contribution < -0.4 is 0 Å². The second kappa shape index (κ2) is 6.48. The van der Waals surface area contributed by atoms with E-state index < -0.39 is 0 Å². The Morgan fingerprint density at radius 1 is 1.32 bits per heavy atom. The first-order chi connectivity index (χ1) is 9.24. The molecule has 0 amide bonds. The van der Waals surface area contributed by atoms with Crippen LogP contribution in [0.4, 0.5) is 4.39 Å². The van der Waals surface area contributed by atoms with Gasteiger partial charge in [0.2, 0.25) is 0 Å². The molecule has 1 aromatic carbocycles. The molecule has 0 fully saturated rings. The minimum atomic E-state index is -0.271. The first-order valence-electron chi connectivity index (χ1n) is 6.66. The van der Waals surface area contributed by atoms with Crippen LogP contribution in [0.5, 0.6) is 0 Å². The monoisotopic (exact) mass is 262 g/mol. The summed E-state index contributed by atoms with van der Waals surface area (Å²) < 4.78 is 15.7. The molecule has 1 heterocycles. The van der Waals surface area contributed by atoms with E-state index in [1.165, 1.54) is 6.07 Å². The zero-order valence-corrected chi connectivity index (χ0v) is 11.1. The van der Waals surface area contributed by atoms with Gasteiger partial charge in [0.05, 0.1) is 6.20 Å². The number of hydrogen-bond acceptors (Lipinski definition) is 2. The van der Waals surface area contributed by atoms with E-state index >= 15 is 0 Å². The zero-order valence-electron chi connectivity index (χ0n) is 11.1. The minimum Gasteiger partial charge on any atom is -0.396 e. The maximum absolute atomic E-state index is 13.8. The van der Waals surface area contributed by atoms with E-state index in [-0.39, 0.29) is 12.4 Å². The predicted molar refractivity (Wildman–Crippen MR) is 73.3 cm³/mol. The van der Waals surface area contributed by atoms with Gasteiger partial charge < -0.3 is 5.11 Å². The molecule has 102 valence electrons. The maximum atomic E-state index is 13.8. The molecule has 0 spiro atoms. The highest BCUT2D eigenvalue weighted by Crippen LogP contribution is 2.21. The molecule has 4 heteroatoms. The lowest BCUT2D eigenvalue weighted by molar-refractivity contribution is 0.297. The SMILES string of the molecule is CCCCn1cc(-c2ccc(CCO)c(F)c2)cn1. The minimum absolute atomic E-state index is 0.0365. The van der Waals surface area contributed by atoms with E-state index in [0.29, 0.717) is 12.0 Å². The fraction of sp³-hybridized carbons (Fsp3) is 0.400. The van der Waals surface area contributed by atoms with Crippen molar-refractivity contribution in [2.75, 3.05) is 6.61 Å². The normalized spacial score (nSPS) is 10.9. The van der Waals surface area contributed by atoms with Gasteiger partial charge in [0.1, 0.15) is 5.82 Å². The lowest BCUT2D eigenvalue weighted by Crippen LogP contribution is -1.97. The molecule has 19 heavy (non-hydrogen) atoms. The molecule has 0 bridgehead atoms. The van der Waals surface area contributed by atoms with E-state index in [1.54, 1.807) is 12.3 Å². The summed E-state index contributed by atoms with van der Waals surface area (Å²) in [6.07, 6.45) is 6.26. The van der Waals surface area contributed by atoms with Crippen LogP contribution in [0.25, 0.3) is 11.1 Å². The second-order valence-corrected chi connectivity index (χ2v) is 4.63. The van der Waals surface area contributed by atoms with Gasteiger partial charge in [-0.3, -0.25) is 4.68 Å². The van der Waals surface area contributed by atoms with E-state index in [1.807, 2.05) is 16.9 Å². The summed E-state index contributed by atoms with van der Waals surface area (Å²) in [5.74, 6) is -0.271. The average molecular weight is 262 g/mol. The summed E-state index contributed by atoms with van der Waals surface area (Å²) in [6.45, 7) is 2.99. The molecule has 2 rings (SSSR count). The highest BCUT2D eigenvalue weighted by molar-refractivity contribution is 5.62. The average Bonchev–Trinajstić information content (AvgIpc) is 2.88. The third-order valence-corrected chi connectivity index (χ3v) is 3.14. The topological polar surface area (TPSA) is 38.0 Å². The Hall–Kier alpha value is -1.68. The summed E-state index contributed by atoms with van der Waals surface area (Å²) in [5.41, 5.74) is 2.29. The number of aliphatic hydroxyl groups excluding tert-OH is 1. The van der Waals surface area contributed by atoms with Gasteiger partial charge in [0.15, 0.2) is 0 Å². The number of aliphatic hydroxyl groups is 1. The molecule has 2 aromatic rings. The Balaban J connectivity index is 2.17. The molecular formula is C15H19FN2O. The highest BCUT2D eigenvalue weighted by Gasteiger charge is 2.06. The van der Waals surface area contributed by atoms with Crippen molar-refractivity contribution >= 4 is 0 Å². The van der Waals surface area contributed by atoms with Crippen molar-refractivity contribution in [3.05, 3.63) is 42.0 Å². The number of rotatable bonds is 6. The van der Waals surface area contributed by atoms with Gasteiger partial charge in [-0.15, -0.1) is 0 Å². The Morgan fingerprint density at radius 2 is 2.16 bits per heavy atom. The van der Waals surface area contributed by atoms with Crippen LogP contribution in [0.3, 0.4) is 0 Å². The fourth-order valence-corrected chi connectivity index (χ4v) is 2.01. The first-order valence-corrected chi connectivity index (χ1v) is 6.66. The highest BCUT2D eigenvalue weighted by atomic mass is 19.1. The van der Waals surface area contributed by atoms with Crippen LogP contribution in [0.15, 0.2) is 30.6 Å². The van der Waals surface area contributed by atoms with Crippen LogP contribution >= 0.6 is 0 Å². The molecule has 1 aromatic heterocycles. The molecule has 0 saturated carbocycles. The van der Waals surface area contributed by atoms with Gasteiger partial charge >= 0.3 is 0 Å². The van der Waals surface area contributed by atoms with E-state index in [0.717, 1.165) is 30.5 Å². The molecule has 0 radical (unpaired) electrons. The molecule has 0 atom stereocenters. The van der Waals surface area contributed by atoms with Gasteiger partial charge in [-0.25, -0.2) is 4.39 Å². The van der Waals surface area contributed by atoms with Gasteiger partial charge in [0.25, 0.3) is 0 Å². The van der Waals surface area contributed by atoms with Crippen LogP contribution in [0.1, 0.15) is 25.3 Å². The van der Waals surface area contributed by atoms with Crippen molar-refractivity contribution in [3.63, 3.8) is 0 Å². The van der Waals surface area contributed by atoms with E-state index in [9.17, 15) is 4.39 Å². The Kier molecular flexibility index (Phi) is 4.68. The molecule has 0 aliphatic carbocycles. The second-order valence-electron chi connectivity index (χ2n) is 4.63. The number of hydrogen-bond donors (Lipinski definition) is 1. The quantitative estimate of drug-likeness (QED) is 0.869. The molecular weight excluding hydrogens is 243 g/mol. The van der Waals surface area contributed by atoms with Crippen LogP contribution in [0.2, 0.25) is 0 Å². The van der Waals surface area contributed by atoms with Gasteiger partial charge in [-0.05, 0) is 30.0 Å². The number of unbranched alkanes of at least 4 members (excludes halogenated alkanes) is 1. The number of aryl methyl sites for hydroxylation is 1. The Labute approximate surface area is 112 Å². The van der Waals surface area contributed by atoms with E-state index in [4.69, 9.17) is 5.11 Å². The number of nitrogens with zero attached hydrogens (tertiary/aromatic N) is 2. The summed E-state index contributed by atoms with van der Waals surface area (Å²) in [4.78, 5) is 0. The van der Waals surface area contributed by atoms with Crippen molar-refractivity contribution in [1.29, 1.82) is 0 Å². The first kappa shape index (κ1) is 13.7. The largest absolute Gasteiger partial charge is 0.396 e. The lowest BCUT2D eigenvalue weighted by atomic mass is 10.1. The molecule has 3 nitrogen and oxygen atoms in total.